The second-order valence-electron chi connectivity index (χ2n) is 4.53. The van der Waals surface area contributed by atoms with Crippen molar-refractivity contribution in [1.82, 2.24) is 9.80 Å². The first-order chi connectivity index (χ1) is 8.58. The van der Waals surface area contributed by atoms with Gasteiger partial charge >= 0.3 is 6.09 Å². The summed E-state index contributed by atoms with van der Waals surface area (Å²) < 4.78 is 12.8. The van der Waals surface area contributed by atoms with Gasteiger partial charge in [0.15, 0.2) is 0 Å². The Morgan fingerprint density at radius 3 is 2.28 bits per heavy atom. The highest BCUT2D eigenvalue weighted by atomic mass is 19.1. The van der Waals surface area contributed by atoms with Gasteiger partial charge in [-0.25, -0.2) is 9.18 Å². The molecule has 98 valence electrons. The van der Waals surface area contributed by atoms with Crippen molar-refractivity contribution in [3.05, 3.63) is 35.6 Å². The van der Waals surface area contributed by atoms with Crippen LogP contribution >= 0.6 is 0 Å². The molecule has 0 radical (unpaired) electrons. The number of halogens is 1. The van der Waals surface area contributed by atoms with Crippen LogP contribution in [0.5, 0.6) is 0 Å². The molecule has 2 rings (SSSR count). The number of nitrogens with zero attached hydrogens (tertiary/aromatic N) is 2. The summed E-state index contributed by atoms with van der Waals surface area (Å²) in [7, 11) is 0. The predicted octanol–water partition coefficient (Wildman–Crippen LogP) is 2.18. The van der Waals surface area contributed by atoms with Crippen LogP contribution in [0.15, 0.2) is 24.3 Å². The van der Waals surface area contributed by atoms with E-state index in [1.165, 1.54) is 17.0 Å². The number of benzene rings is 1. The number of hydrogen-bond donors (Lipinski definition) is 1. The molecule has 1 aromatic carbocycles. The van der Waals surface area contributed by atoms with Crippen molar-refractivity contribution < 1.29 is 14.3 Å². The monoisotopic (exact) mass is 252 g/mol. The SMILES string of the molecule is C[C@@H](c1ccc(F)cc1)N1CCN(C(=O)O)CC1. The molecule has 1 saturated heterocycles. The Morgan fingerprint density at radius 1 is 1.22 bits per heavy atom. The first-order valence-electron chi connectivity index (χ1n) is 6.05. The van der Waals surface area contributed by atoms with E-state index in [-0.39, 0.29) is 11.9 Å². The van der Waals surface area contributed by atoms with Crippen LogP contribution in [0.1, 0.15) is 18.5 Å². The molecule has 0 unspecified atom stereocenters. The zero-order valence-corrected chi connectivity index (χ0v) is 10.3. The van der Waals surface area contributed by atoms with E-state index in [1.54, 1.807) is 12.1 Å². The van der Waals surface area contributed by atoms with Crippen molar-refractivity contribution >= 4 is 6.09 Å². The summed E-state index contributed by atoms with van der Waals surface area (Å²) in [4.78, 5) is 14.4. The summed E-state index contributed by atoms with van der Waals surface area (Å²) in [6.07, 6.45) is -0.857. The lowest BCUT2D eigenvalue weighted by Gasteiger charge is -2.37. The van der Waals surface area contributed by atoms with E-state index < -0.39 is 6.09 Å². The van der Waals surface area contributed by atoms with Crippen molar-refractivity contribution in [3.63, 3.8) is 0 Å². The third kappa shape index (κ3) is 2.79. The largest absolute Gasteiger partial charge is 0.465 e. The van der Waals surface area contributed by atoms with Crippen LogP contribution in [0, 0.1) is 5.82 Å². The van der Waals surface area contributed by atoms with Gasteiger partial charge in [0.2, 0.25) is 0 Å². The third-order valence-corrected chi connectivity index (χ3v) is 3.48. The molecule has 1 aromatic rings. The van der Waals surface area contributed by atoms with E-state index in [0.29, 0.717) is 26.2 Å². The molecular formula is C13H17FN2O2. The normalized spacial score (nSPS) is 18.7. The summed E-state index contributed by atoms with van der Waals surface area (Å²) in [5.74, 6) is -0.235. The molecule has 0 bridgehead atoms. The highest BCUT2D eigenvalue weighted by Crippen LogP contribution is 2.21. The molecule has 1 amide bonds. The van der Waals surface area contributed by atoms with E-state index in [9.17, 15) is 9.18 Å². The third-order valence-electron chi connectivity index (χ3n) is 3.48. The van der Waals surface area contributed by atoms with Crippen molar-refractivity contribution in [2.24, 2.45) is 0 Å². The van der Waals surface area contributed by atoms with Crippen LogP contribution in [-0.2, 0) is 0 Å². The predicted molar refractivity (Wildman–Crippen MR) is 66.0 cm³/mol. The van der Waals surface area contributed by atoms with Crippen molar-refractivity contribution in [2.45, 2.75) is 13.0 Å². The zero-order chi connectivity index (χ0) is 13.1. The molecule has 0 aromatic heterocycles. The molecule has 0 spiro atoms. The summed E-state index contributed by atoms with van der Waals surface area (Å²) in [6, 6.07) is 6.66. The fourth-order valence-electron chi connectivity index (χ4n) is 2.25. The topological polar surface area (TPSA) is 43.8 Å². The van der Waals surface area contributed by atoms with E-state index in [1.807, 2.05) is 0 Å². The zero-order valence-electron chi connectivity index (χ0n) is 10.3. The van der Waals surface area contributed by atoms with Gasteiger partial charge in [0, 0.05) is 32.2 Å². The molecule has 1 heterocycles. The molecule has 4 nitrogen and oxygen atoms in total. The van der Waals surface area contributed by atoms with Gasteiger partial charge in [-0.1, -0.05) is 12.1 Å². The maximum atomic E-state index is 12.8. The Hall–Kier alpha value is -1.62. The maximum Gasteiger partial charge on any atom is 0.407 e. The number of carboxylic acid groups (broad SMARTS) is 1. The number of piperazine rings is 1. The molecule has 0 saturated carbocycles. The maximum absolute atomic E-state index is 12.8. The fraction of sp³-hybridized carbons (Fsp3) is 0.462. The number of rotatable bonds is 2. The molecule has 5 heteroatoms. The Labute approximate surface area is 106 Å². The minimum absolute atomic E-state index is 0.182. The van der Waals surface area contributed by atoms with Crippen LogP contribution < -0.4 is 0 Å². The molecule has 1 N–H and O–H groups in total. The summed E-state index contributed by atoms with van der Waals surface area (Å²) >= 11 is 0. The molecule has 1 aliphatic rings. The first-order valence-corrected chi connectivity index (χ1v) is 6.05. The van der Waals surface area contributed by atoms with Gasteiger partial charge in [-0.05, 0) is 24.6 Å². The minimum Gasteiger partial charge on any atom is -0.465 e. The van der Waals surface area contributed by atoms with Crippen LogP contribution in [0.25, 0.3) is 0 Å². The van der Waals surface area contributed by atoms with Gasteiger partial charge in [-0.3, -0.25) is 4.90 Å². The highest BCUT2D eigenvalue weighted by Gasteiger charge is 2.24. The Morgan fingerprint density at radius 2 is 1.78 bits per heavy atom. The second kappa shape index (κ2) is 5.35. The molecule has 0 aliphatic carbocycles. The Kier molecular flexibility index (Phi) is 3.81. The molecule has 18 heavy (non-hydrogen) atoms. The number of amides is 1. The van der Waals surface area contributed by atoms with Crippen molar-refractivity contribution in [1.29, 1.82) is 0 Å². The quantitative estimate of drug-likeness (QED) is 0.877. The smallest absolute Gasteiger partial charge is 0.407 e. The van der Waals surface area contributed by atoms with Gasteiger partial charge in [0.25, 0.3) is 0 Å². The standard InChI is InChI=1S/C13H17FN2O2/c1-10(11-2-4-12(14)5-3-11)15-6-8-16(9-7-15)13(17)18/h2-5,10H,6-9H2,1H3,(H,17,18)/t10-/m0/s1. The van der Waals surface area contributed by atoms with Crippen LogP contribution in [0.2, 0.25) is 0 Å². The Balaban J connectivity index is 1.97. The lowest BCUT2D eigenvalue weighted by Crippen LogP contribution is -2.48. The lowest BCUT2D eigenvalue weighted by atomic mass is 10.1. The van der Waals surface area contributed by atoms with E-state index in [2.05, 4.69) is 11.8 Å². The first kappa shape index (κ1) is 12.8. The van der Waals surface area contributed by atoms with Crippen molar-refractivity contribution in [3.8, 4) is 0 Å². The average molecular weight is 252 g/mol. The van der Waals surface area contributed by atoms with E-state index in [4.69, 9.17) is 5.11 Å². The van der Waals surface area contributed by atoms with Gasteiger partial charge in [0.05, 0.1) is 0 Å². The van der Waals surface area contributed by atoms with Gasteiger partial charge < -0.3 is 10.0 Å². The van der Waals surface area contributed by atoms with E-state index >= 15 is 0 Å². The van der Waals surface area contributed by atoms with Crippen LogP contribution in [-0.4, -0.2) is 47.2 Å². The molecular weight excluding hydrogens is 235 g/mol. The molecule has 1 atom stereocenters. The summed E-state index contributed by atoms with van der Waals surface area (Å²) in [5, 5.41) is 8.88. The Bertz CT molecular complexity index is 414. The van der Waals surface area contributed by atoms with Crippen LogP contribution in [0.4, 0.5) is 9.18 Å². The summed E-state index contributed by atoms with van der Waals surface area (Å²) in [5.41, 5.74) is 1.06. The summed E-state index contributed by atoms with van der Waals surface area (Å²) in [6.45, 7) is 4.54. The lowest BCUT2D eigenvalue weighted by molar-refractivity contribution is 0.0889. The van der Waals surface area contributed by atoms with Gasteiger partial charge in [0.1, 0.15) is 5.82 Å². The van der Waals surface area contributed by atoms with Gasteiger partial charge in [-0.2, -0.15) is 0 Å². The number of carbonyl (C=O) groups is 1. The van der Waals surface area contributed by atoms with Crippen LogP contribution in [0.3, 0.4) is 0 Å². The molecule has 1 aliphatic heterocycles. The van der Waals surface area contributed by atoms with E-state index in [0.717, 1.165) is 5.56 Å². The minimum atomic E-state index is -0.857. The van der Waals surface area contributed by atoms with Gasteiger partial charge in [-0.15, -0.1) is 0 Å². The highest BCUT2D eigenvalue weighted by molar-refractivity contribution is 5.65. The fourth-order valence-corrected chi connectivity index (χ4v) is 2.25. The van der Waals surface area contributed by atoms with Crippen molar-refractivity contribution in [2.75, 3.05) is 26.2 Å². The second-order valence-corrected chi connectivity index (χ2v) is 4.53. The molecule has 1 fully saturated rings. The average Bonchev–Trinajstić information content (AvgIpc) is 2.39. The number of hydrogen-bond acceptors (Lipinski definition) is 2.